The van der Waals surface area contributed by atoms with E-state index in [9.17, 15) is 14.4 Å². The lowest BCUT2D eigenvalue weighted by atomic mass is 9.98. The van der Waals surface area contributed by atoms with Crippen LogP contribution in [0.5, 0.6) is 0 Å². The Morgan fingerprint density at radius 1 is 1.13 bits per heavy atom. The third kappa shape index (κ3) is 7.92. The predicted octanol–water partition coefficient (Wildman–Crippen LogP) is 2.14. The summed E-state index contributed by atoms with van der Waals surface area (Å²) in [6.07, 6.45) is 8.35. The molecule has 1 aromatic heterocycles. The van der Waals surface area contributed by atoms with Gasteiger partial charge in [-0.2, -0.15) is 5.10 Å². The maximum atomic E-state index is 13.6. The second-order valence-electron chi connectivity index (χ2n) is 11.0. The van der Waals surface area contributed by atoms with Crippen LogP contribution in [-0.2, 0) is 16.0 Å². The summed E-state index contributed by atoms with van der Waals surface area (Å²) >= 11 is 0. The number of carboxylic acid groups (broad SMARTS) is 1. The lowest BCUT2D eigenvalue weighted by Gasteiger charge is -2.41. The van der Waals surface area contributed by atoms with E-state index in [1.807, 2.05) is 24.0 Å². The number of unbranched alkanes of at least 4 members (excludes halogenated alkanes) is 1. The lowest BCUT2D eigenvalue weighted by molar-refractivity contribution is -0.138. The number of amides is 3. The maximum absolute atomic E-state index is 13.6. The molecule has 2 saturated heterocycles. The first-order valence-corrected chi connectivity index (χ1v) is 14.3. The van der Waals surface area contributed by atoms with Crippen molar-refractivity contribution < 1.29 is 19.5 Å². The first-order chi connectivity index (χ1) is 18.8. The molecule has 3 heterocycles. The summed E-state index contributed by atoms with van der Waals surface area (Å²) in [6.45, 7) is 5.95. The number of carbonyl (C=O) groups is 3. The van der Waals surface area contributed by atoms with Crippen LogP contribution in [0.15, 0.2) is 18.3 Å². The fourth-order valence-electron chi connectivity index (χ4n) is 5.94. The Kier molecular flexibility index (Phi) is 10.2. The van der Waals surface area contributed by atoms with Crippen LogP contribution in [-0.4, -0.2) is 93.9 Å². The zero-order valence-corrected chi connectivity index (χ0v) is 23.0. The smallest absolute Gasteiger partial charge is 0.404 e. The van der Waals surface area contributed by atoms with Gasteiger partial charge in [-0.25, -0.2) is 4.79 Å². The zero-order valence-electron chi connectivity index (χ0n) is 23.0. The summed E-state index contributed by atoms with van der Waals surface area (Å²) in [6, 6.07) is 3.01. The summed E-state index contributed by atoms with van der Waals surface area (Å²) < 4.78 is 0. The van der Waals surface area contributed by atoms with Gasteiger partial charge in [-0.05, 0) is 88.6 Å². The summed E-state index contributed by atoms with van der Waals surface area (Å²) in [5.41, 5.74) is 9.24. The Morgan fingerprint density at radius 3 is 2.59 bits per heavy atom. The number of nitrogens with zero attached hydrogens (tertiary/aromatic N) is 3. The topological polar surface area (TPSA) is 157 Å². The molecule has 39 heavy (non-hydrogen) atoms. The van der Waals surface area contributed by atoms with E-state index in [0.29, 0.717) is 51.4 Å². The molecule has 0 bridgehead atoms. The highest BCUT2D eigenvalue weighted by atomic mass is 16.4. The van der Waals surface area contributed by atoms with Gasteiger partial charge in [0.05, 0.1) is 17.8 Å². The lowest BCUT2D eigenvalue weighted by Crippen LogP contribution is -2.55. The minimum absolute atomic E-state index is 0.0745. The summed E-state index contributed by atoms with van der Waals surface area (Å²) in [4.78, 5) is 41.9. The second-order valence-corrected chi connectivity index (χ2v) is 11.0. The predicted molar refractivity (Wildman–Crippen MR) is 149 cm³/mol. The second kappa shape index (κ2) is 13.7. The van der Waals surface area contributed by atoms with E-state index in [0.717, 1.165) is 48.0 Å². The van der Waals surface area contributed by atoms with E-state index in [1.165, 1.54) is 19.3 Å². The van der Waals surface area contributed by atoms with Crippen LogP contribution >= 0.6 is 0 Å². The van der Waals surface area contributed by atoms with Crippen molar-refractivity contribution in [1.82, 2.24) is 30.6 Å². The maximum Gasteiger partial charge on any atom is 0.404 e. The third-order valence-corrected chi connectivity index (χ3v) is 8.09. The van der Waals surface area contributed by atoms with Crippen molar-refractivity contribution in [2.75, 3.05) is 32.7 Å². The van der Waals surface area contributed by atoms with Crippen molar-refractivity contribution in [3.8, 4) is 0 Å². The molecular formula is C28H43N7O4. The van der Waals surface area contributed by atoms with Gasteiger partial charge in [0, 0.05) is 31.1 Å². The van der Waals surface area contributed by atoms with Crippen LogP contribution in [0.25, 0.3) is 10.9 Å². The molecular weight excluding hydrogens is 498 g/mol. The summed E-state index contributed by atoms with van der Waals surface area (Å²) in [7, 11) is 0. The number of aromatic amines is 1. The molecule has 11 heteroatoms. The van der Waals surface area contributed by atoms with Crippen molar-refractivity contribution in [3.63, 3.8) is 0 Å². The van der Waals surface area contributed by atoms with Gasteiger partial charge < -0.3 is 31.3 Å². The van der Waals surface area contributed by atoms with E-state index in [4.69, 9.17) is 10.8 Å². The number of nitrogens with two attached hydrogens (primary N) is 1. The largest absolute Gasteiger partial charge is 0.465 e. The summed E-state index contributed by atoms with van der Waals surface area (Å²) in [5, 5.41) is 22.1. The van der Waals surface area contributed by atoms with Crippen LogP contribution < -0.4 is 16.4 Å². The first kappa shape index (κ1) is 28.8. The van der Waals surface area contributed by atoms with Crippen molar-refractivity contribution in [3.05, 3.63) is 29.5 Å². The highest BCUT2D eigenvalue weighted by Gasteiger charge is 2.32. The van der Waals surface area contributed by atoms with E-state index >= 15 is 0 Å². The van der Waals surface area contributed by atoms with Crippen LogP contribution in [0, 0.1) is 6.92 Å². The molecule has 0 radical (unpaired) electrons. The van der Waals surface area contributed by atoms with Gasteiger partial charge in [0.2, 0.25) is 11.8 Å². The van der Waals surface area contributed by atoms with Crippen LogP contribution in [0.4, 0.5) is 4.79 Å². The average Bonchev–Trinajstić information content (AvgIpc) is 3.41. The van der Waals surface area contributed by atoms with Crippen LogP contribution in [0.1, 0.15) is 62.5 Å². The Balaban J connectivity index is 1.35. The minimum atomic E-state index is -1.07. The number of H-pyrrole nitrogens is 1. The van der Waals surface area contributed by atoms with Crippen LogP contribution in [0.2, 0.25) is 0 Å². The van der Waals surface area contributed by atoms with Gasteiger partial charge in [-0.15, -0.1) is 0 Å². The molecule has 0 spiro atoms. The highest BCUT2D eigenvalue weighted by Crippen LogP contribution is 2.22. The van der Waals surface area contributed by atoms with E-state index in [-0.39, 0.29) is 11.8 Å². The number of benzene rings is 1. The van der Waals surface area contributed by atoms with Crippen molar-refractivity contribution >= 4 is 28.8 Å². The Hall–Kier alpha value is -3.18. The number of likely N-dealkylation sites (tertiary alicyclic amines) is 2. The fourth-order valence-corrected chi connectivity index (χ4v) is 5.94. The van der Waals surface area contributed by atoms with Crippen LogP contribution in [0.3, 0.4) is 0 Å². The molecule has 6 N–H and O–H groups in total. The van der Waals surface area contributed by atoms with Gasteiger partial charge in [-0.3, -0.25) is 14.7 Å². The molecule has 2 fully saturated rings. The Labute approximate surface area is 229 Å². The number of nitrogens with one attached hydrogen (secondary N) is 3. The van der Waals surface area contributed by atoms with Gasteiger partial charge in [0.25, 0.3) is 0 Å². The van der Waals surface area contributed by atoms with Gasteiger partial charge >= 0.3 is 6.09 Å². The number of hydrogen-bond donors (Lipinski definition) is 5. The number of piperidine rings is 2. The molecule has 214 valence electrons. The third-order valence-electron chi connectivity index (χ3n) is 8.09. The van der Waals surface area contributed by atoms with Crippen molar-refractivity contribution in [2.24, 2.45) is 5.73 Å². The Bertz CT molecular complexity index is 1120. The van der Waals surface area contributed by atoms with Crippen molar-refractivity contribution in [1.29, 1.82) is 0 Å². The molecule has 0 saturated carbocycles. The average molecular weight is 542 g/mol. The molecule has 2 aliphatic heterocycles. The molecule has 2 aromatic rings. The fraction of sp³-hybridized carbons (Fsp3) is 0.643. The SMILES string of the molecule is Cc1cc(CC(N)C(=O)NC(CCCCNC(=O)O)C(=O)N2CCC(N3CCCCC3)CC2)cc2cn[nH]c12. The first-order valence-electron chi connectivity index (χ1n) is 14.3. The van der Waals surface area contributed by atoms with E-state index in [1.54, 1.807) is 6.20 Å². The molecule has 4 rings (SSSR count). The molecule has 2 atom stereocenters. The van der Waals surface area contributed by atoms with Gasteiger partial charge in [0.15, 0.2) is 0 Å². The quantitative estimate of drug-likeness (QED) is 0.273. The van der Waals surface area contributed by atoms with E-state index < -0.39 is 18.2 Å². The molecule has 2 aliphatic rings. The number of hydrogen-bond acceptors (Lipinski definition) is 6. The number of rotatable bonds is 11. The number of aromatic nitrogens is 2. The van der Waals surface area contributed by atoms with Gasteiger partial charge in [-0.1, -0.05) is 12.5 Å². The van der Waals surface area contributed by atoms with E-state index in [2.05, 4.69) is 25.7 Å². The standard InChI is InChI=1S/C28H43N7O4/c1-19-15-20(16-21-18-31-33-25(19)21)17-23(29)26(36)32-24(7-3-4-10-30-28(38)39)27(37)35-13-8-22(9-14-35)34-11-5-2-6-12-34/h15-16,18,22-24,30H,2-14,17,29H2,1H3,(H,31,33)(H,32,36)(H,38,39). The Morgan fingerprint density at radius 2 is 1.87 bits per heavy atom. The normalized spacial score (nSPS) is 18.6. The van der Waals surface area contributed by atoms with Crippen molar-refractivity contribution in [2.45, 2.75) is 82.8 Å². The number of carbonyl (C=O) groups excluding carboxylic acids is 2. The molecule has 2 unspecified atom stereocenters. The monoisotopic (exact) mass is 541 g/mol. The van der Waals surface area contributed by atoms with Gasteiger partial charge in [0.1, 0.15) is 6.04 Å². The summed E-state index contributed by atoms with van der Waals surface area (Å²) in [5.74, 6) is -0.431. The highest BCUT2D eigenvalue weighted by molar-refractivity contribution is 5.90. The number of fused-ring (bicyclic) bond motifs is 1. The molecule has 3 amide bonds. The zero-order chi connectivity index (χ0) is 27.8. The number of aryl methyl sites for hydroxylation is 1. The minimum Gasteiger partial charge on any atom is -0.465 e. The molecule has 0 aliphatic carbocycles. The molecule has 1 aromatic carbocycles. The molecule has 11 nitrogen and oxygen atoms in total.